The summed E-state index contributed by atoms with van der Waals surface area (Å²) in [7, 11) is 0. The van der Waals surface area contributed by atoms with Gasteiger partial charge in [0.05, 0.1) is 31.5 Å². The number of fused-ring (bicyclic) bond motifs is 5. The molecule has 0 saturated heterocycles. The van der Waals surface area contributed by atoms with Crippen molar-refractivity contribution in [2.75, 3.05) is 0 Å². The zero-order chi connectivity index (χ0) is 24.2. The summed E-state index contributed by atoms with van der Waals surface area (Å²) in [6.07, 6.45) is 0. The van der Waals surface area contributed by atoms with Crippen LogP contribution in [0.25, 0.3) is 54.0 Å². The molecule has 0 radical (unpaired) electrons. The van der Waals surface area contributed by atoms with Gasteiger partial charge in [0.25, 0.3) is 0 Å². The number of aromatic nitrogens is 2. The molecule has 0 fully saturated rings. The van der Waals surface area contributed by atoms with Crippen LogP contribution in [0.2, 0.25) is 0 Å². The van der Waals surface area contributed by atoms with Crippen LogP contribution in [0.15, 0.2) is 114 Å². The first-order chi connectivity index (χ1) is 17.7. The van der Waals surface area contributed by atoms with E-state index in [1.165, 1.54) is 21.3 Å². The van der Waals surface area contributed by atoms with E-state index in [-0.39, 0.29) is 0 Å². The molecule has 2 heterocycles. The van der Waals surface area contributed by atoms with Crippen molar-refractivity contribution in [2.24, 2.45) is 0 Å². The molecule has 0 spiro atoms. The average molecular weight is 485 g/mol. The largest absolute Gasteiger partial charge is 0.451 e. The minimum absolute atomic E-state index is 0.861. The SMILES string of the molecule is Cc1ccc(-n2c3ccccc3oc3c4sc5ccccc5n(-c5ccc(C)cc5)c4ccc32)cc1. The van der Waals surface area contributed by atoms with Crippen molar-refractivity contribution in [3.8, 4) is 11.4 Å². The van der Waals surface area contributed by atoms with Crippen LogP contribution in [-0.2, 0) is 0 Å². The summed E-state index contributed by atoms with van der Waals surface area (Å²) in [6, 6.07) is 38.7. The maximum atomic E-state index is 6.68. The lowest BCUT2D eigenvalue weighted by atomic mass is 10.2. The predicted molar refractivity (Wildman–Crippen MR) is 152 cm³/mol. The Hall–Kier alpha value is -4.28. The van der Waals surface area contributed by atoms with Crippen LogP contribution in [0.3, 0.4) is 0 Å². The van der Waals surface area contributed by atoms with Crippen molar-refractivity contribution in [1.29, 1.82) is 0 Å². The van der Waals surface area contributed by atoms with Crippen LogP contribution >= 0.6 is 11.3 Å². The summed E-state index contributed by atoms with van der Waals surface area (Å²) < 4.78 is 13.7. The molecule has 0 amide bonds. The lowest BCUT2D eigenvalue weighted by Crippen LogP contribution is -2.02. The van der Waals surface area contributed by atoms with Crippen molar-refractivity contribution in [1.82, 2.24) is 9.13 Å². The number of hydrogen-bond donors (Lipinski definition) is 0. The second kappa shape index (κ2) is 8.14. The molecule has 0 unspecified atom stereocenters. The third-order valence-corrected chi connectivity index (χ3v) is 7.94. The standard InChI is InChI=1S/C32H24N2OS/c1-21-11-15-23(16-12-21)33-25-7-3-5-9-29(25)35-31-27(33)19-20-28-32(31)36-30-10-6-4-8-26(30)34(28)24-17-13-22(2)14-18-24/h3-20H,1-2H3. The Labute approximate surface area is 212 Å². The van der Waals surface area contributed by atoms with E-state index in [2.05, 4.69) is 126 Å². The second-order valence-corrected chi connectivity index (χ2v) is 10.3. The lowest BCUT2D eigenvalue weighted by molar-refractivity contribution is 0.657. The van der Waals surface area contributed by atoms with Crippen LogP contribution in [0.1, 0.15) is 11.1 Å². The quantitative estimate of drug-likeness (QED) is 0.177. The van der Waals surface area contributed by atoms with Gasteiger partial charge in [-0.05, 0) is 74.5 Å². The molecule has 0 aliphatic heterocycles. The van der Waals surface area contributed by atoms with Crippen LogP contribution in [0.5, 0.6) is 0 Å². The Kier molecular flexibility index (Phi) is 4.76. The van der Waals surface area contributed by atoms with Crippen LogP contribution in [0, 0.1) is 13.8 Å². The smallest absolute Gasteiger partial charge is 0.170 e. The summed E-state index contributed by atoms with van der Waals surface area (Å²) in [5, 5.41) is 0. The molecule has 4 heteroatoms. The van der Waals surface area contributed by atoms with Gasteiger partial charge < -0.3 is 13.6 Å². The molecule has 2 aromatic heterocycles. The van der Waals surface area contributed by atoms with Crippen LogP contribution in [-0.4, -0.2) is 9.13 Å². The Morgan fingerprint density at radius 2 is 1.08 bits per heavy atom. The van der Waals surface area contributed by atoms with Crippen molar-refractivity contribution < 1.29 is 4.42 Å². The number of para-hydroxylation sites is 3. The molecule has 0 bridgehead atoms. The maximum absolute atomic E-state index is 6.68. The van der Waals surface area contributed by atoms with Gasteiger partial charge in [-0.3, -0.25) is 0 Å². The number of hydrogen-bond acceptors (Lipinski definition) is 2. The molecule has 7 aromatic rings. The summed E-state index contributed by atoms with van der Waals surface area (Å²) in [5.74, 6) is 0. The van der Waals surface area contributed by atoms with Crippen LogP contribution < -0.4 is 0 Å². The van der Waals surface area contributed by atoms with Gasteiger partial charge in [0.15, 0.2) is 11.2 Å². The van der Waals surface area contributed by atoms with E-state index >= 15 is 0 Å². The molecule has 0 aliphatic rings. The summed E-state index contributed by atoms with van der Waals surface area (Å²) in [4.78, 5) is 0. The summed E-state index contributed by atoms with van der Waals surface area (Å²) in [5.41, 5.74) is 10.9. The first-order valence-electron chi connectivity index (χ1n) is 12.1. The number of nitrogens with zero attached hydrogens (tertiary/aromatic N) is 2. The maximum Gasteiger partial charge on any atom is 0.170 e. The minimum atomic E-state index is 0.861. The van der Waals surface area contributed by atoms with E-state index in [0.29, 0.717) is 0 Å². The van der Waals surface area contributed by atoms with E-state index in [0.717, 1.165) is 43.8 Å². The van der Waals surface area contributed by atoms with Gasteiger partial charge in [-0.2, -0.15) is 0 Å². The predicted octanol–water partition coefficient (Wildman–Crippen LogP) is 9.28. The fourth-order valence-electron chi connectivity index (χ4n) is 4.97. The first-order valence-corrected chi connectivity index (χ1v) is 12.9. The first kappa shape index (κ1) is 21.0. The highest BCUT2D eigenvalue weighted by Gasteiger charge is 2.16. The normalized spacial score (nSPS) is 11.6. The Balaban J connectivity index is 1.67. The lowest BCUT2D eigenvalue weighted by Gasteiger charge is -2.19. The number of aryl methyl sites for hydroxylation is 2. The van der Waals surface area contributed by atoms with E-state index < -0.39 is 0 Å². The number of rotatable bonds is 2. The minimum Gasteiger partial charge on any atom is -0.451 e. The van der Waals surface area contributed by atoms with Gasteiger partial charge in [-0.15, -0.1) is 11.3 Å². The zero-order valence-electron chi connectivity index (χ0n) is 20.1. The Bertz CT molecular complexity index is 1800. The monoisotopic (exact) mass is 484 g/mol. The summed E-state index contributed by atoms with van der Waals surface area (Å²) >= 11 is 1.78. The molecule has 0 atom stereocenters. The van der Waals surface area contributed by atoms with Crippen molar-refractivity contribution in [2.45, 2.75) is 13.8 Å². The fourth-order valence-corrected chi connectivity index (χ4v) is 6.10. The second-order valence-electron chi connectivity index (χ2n) is 9.24. The van der Waals surface area contributed by atoms with Gasteiger partial charge in [0.2, 0.25) is 0 Å². The van der Waals surface area contributed by atoms with Gasteiger partial charge in [-0.25, -0.2) is 0 Å². The van der Waals surface area contributed by atoms with E-state index in [1.807, 2.05) is 6.07 Å². The van der Waals surface area contributed by atoms with E-state index in [4.69, 9.17) is 4.42 Å². The molecular formula is C32H24N2OS. The molecule has 0 aliphatic carbocycles. The Morgan fingerprint density at radius 3 is 1.78 bits per heavy atom. The van der Waals surface area contributed by atoms with Crippen molar-refractivity contribution >= 4 is 54.0 Å². The number of benzene rings is 5. The van der Waals surface area contributed by atoms with Crippen molar-refractivity contribution in [3.63, 3.8) is 0 Å². The van der Waals surface area contributed by atoms with Gasteiger partial charge in [0.1, 0.15) is 0 Å². The third kappa shape index (κ3) is 3.26. The van der Waals surface area contributed by atoms with E-state index in [1.54, 1.807) is 11.3 Å². The van der Waals surface area contributed by atoms with Gasteiger partial charge in [0, 0.05) is 11.4 Å². The van der Waals surface area contributed by atoms with E-state index in [9.17, 15) is 0 Å². The Morgan fingerprint density at radius 1 is 0.528 bits per heavy atom. The molecule has 5 aromatic carbocycles. The molecule has 36 heavy (non-hydrogen) atoms. The fraction of sp³-hybridized carbons (Fsp3) is 0.0625. The highest BCUT2D eigenvalue weighted by atomic mass is 32.1. The van der Waals surface area contributed by atoms with Gasteiger partial charge in [-0.1, -0.05) is 59.7 Å². The molecule has 174 valence electrons. The average Bonchev–Trinajstić information content (AvgIpc) is 2.92. The highest BCUT2D eigenvalue weighted by molar-refractivity contribution is 7.25. The van der Waals surface area contributed by atoms with Crippen LogP contribution in [0.4, 0.5) is 0 Å². The molecule has 7 rings (SSSR count). The zero-order valence-corrected chi connectivity index (χ0v) is 20.9. The van der Waals surface area contributed by atoms with Crippen molar-refractivity contribution in [3.05, 3.63) is 120 Å². The topological polar surface area (TPSA) is 23.0 Å². The third-order valence-electron chi connectivity index (χ3n) is 6.77. The molecule has 0 saturated carbocycles. The molecular weight excluding hydrogens is 460 g/mol. The van der Waals surface area contributed by atoms with Gasteiger partial charge >= 0.3 is 0 Å². The summed E-state index contributed by atoms with van der Waals surface area (Å²) in [6.45, 7) is 4.24. The highest BCUT2D eigenvalue weighted by Crippen LogP contribution is 2.38. The molecule has 3 nitrogen and oxygen atoms in total. The molecule has 0 N–H and O–H groups in total.